The number of hydrogen-bond acceptors (Lipinski definition) is 2. The lowest BCUT2D eigenvalue weighted by molar-refractivity contribution is -0.695. The van der Waals surface area contributed by atoms with Gasteiger partial charge >= 0.3 is 0 Å². The largest absolute Gasteiger partial charge is 1.00 e. The molecule has 2 rings (SSSR count). The molecule has 1 aromatic heterocycles. The van der Waals surface area contributed by atoms with Crippen LogP contribution in [0.25, 0.3) is 0 Å². The van der Waals surface area contributed by atoms with Crippen LogP contribution in [0.1, 0.15) is 6.42 Å². The fraction of sp³-hybridized carbons (Fsp3) is 0.143. The van der Waals surface area contributed by atoms with Gasteiger partial charge in [0.15, 0.2) is 18.9 Å². The van der Waals surface area contributed by atoms with Crippen molar-refractivity contribution in [3.63, 3.8) is 0 Å². The van der Waals surface area contributed by atoms with E-state index in [-0.39, 0.29) is 24.0 Å². The molecule has 0 fully saturated rings. The second-order valence-corrected chi connectivity index (χ2v) is 3.69. The summed E-state index contributed by atoms with van der Waals surface area (Å²) in [5.41, 5.74) is 4.00. The van der Waals surface area contributed by atoms with Crippen molar-refractivity contribution in [1.29, 1.82) is 0 Å². The van der Waals surface area contributed by atoms with Gasteiger partial charge in [0.25, 0.3) is 0 Å². The van der Waals surface area contributed by atoms with Crippen LogP contribution >= 0.6 is 0 Å². The monoisotopic (exact) mass is 353 g/mol. The van der Waals surface area contributed by atoms with Gasteiger partial charge in [0.05, 0.1) is 5.69 Å². The lowest BCUT2D eigenvalue weighted by Gasteiger charge is -1.97. The average Bonchev–Trinajstić information content (AvgIpc) is 2.41. The summed E-state index contributed by atoms with van der Waals surface area (Å²) in [6.07, 6.45) is 6.92. The first kappa shape index (κ1) is 14.6. The van der Waals surface area contributed by atoms with E-state index in [1.807, 2.05) is 54.7 Å². The highest BCUT2D eigenvalue weighted by atomic mass is 127. The quantitative estimate of drug-likeness (QED) is 0.333. The van der Waals surface area contributed by atoms with Gasteiger partial charge in [0.2, 0.25) is 0 Å². The normalized spacial score (nSPS) is 10.0. The molecule has 94 valence electrons. The molecule has 0 aliphatic rings. The van der Waals surface area contributed by atoms with Crippen molar-refractivity contribution in [2.45, 2.75) is 13.0 Å². The van der Waals surface area contributed by atoms with Crippen molar-refractivity contribution in [3.8, 4) is 0 Å². The zero-order valence-electron chi connectivity index (χ0n) is 10.0. The lowest BCUT2D eigenvalue weighted by Crippen LogP contribution is -3.00. The maximum Gasteiger partial charge on any atom is 0.168 e. The summed E-state index contributed by atoms with van der Waals surface area (Å²) >= 11 is 0. The predicted octanol–water partition coefficient (Wildman–Crippen LogP) is -0.534. The first-order valence-corrected chi connectivity index (χ1v) is 5.72. The van der Waals surface area contributed by atoms with E-state index >= 15 is 0 Å². The molecule has 0 amide bonds. The van der Waals surface area contributed by atoms with Crippen LogP contribution in [0.2, 0.25) is 0 Å². The Hall–Kier alpha value is -1.43. The molecule has 0 unspecified atom stereocenters. The Balaban J connectivity index is 0.00000162. The van der Waals surface area contributed by atoms with E-state index in [0.29, 0.717) is 0 Å². The van der Waals surface area contributed by atoms with Crippen LogP contribution in [0.15, 0.2) is 66.0 Å². The van der Waals surface area contributed by atoms with Gasteiger partial charge in [-0.2, -0.15) is 5.10 Å². The number of benzene rings is 1. The Morgan fingerprint density at radius 2 is 1.67 bits per heavy atom. The van der Waals surface area contributed by atoms with Crippen LogP contribution in [0.4, 0.5) is 5.69 Å². The van der Waals surface area contributed by atoms with Crippen molar-refractivity contribution in [1.82, 2.24) is 0 Å². The van der Waals surface area contributed by atoms with Crippen LogP contribution in [0.3, 0.4) is 0 Å². The molecule has 0 spiro atoms. The molecule has 1 N–H and O–H groups in total. The number of aromatic nitrogens is 1. The predicted molar refractivity (Wildman–Crippen MR) is 69.8 cm³/mol. The molecule has 18 heavy (non-hydrogen) atoms. The second-order valence-electron chi connectivity index (χ2n) is 3.69. The summed E-state index contributed by atoms with van der Waals surface area (Å²) in [5.74, 6) is 0. The molecule has 4 heteroatoms. The summed E-state index contributed by atoms with van der Waals surface area (Å²) in [7, 11) is 0. The molecule has 3 nitrogen and oxygen atoms in total. The SMILES string of the molecule is C(CC[n+]1ccccc1)=NNc1ccccc1.[I-]. The fourth-order valence-corrected chi connectivity index (χ4v) is 1.49. The molecule has 0 atom stereocenters. The number of nitrogens with zero attached hydrogens (tertiary/aromatic N) is 2. The van der Waals surface area contributed by atoms with Gasteiger partial charge in [-0.25, -0.2) is 4.57 Å². The van der Waals surface area contributed by atoms with Gasteiger partial charge in [0, 0.05) is 24.8 Å². The third kappa shape index (κ3) is 5.27. The third-order valence-electron chi connectivity index (χ3n) is 2.35. The van der Waals surface area contributed by atoms with Gasteiger partial charge in [-0.05, 0) is 12.1 Å². The lowest BCUT2D eigenvalue weighted by atomic mass is 10.3. The minimum Gasteiger partial charge on any atom is -1.00 e. The summed E-state index contributed by atoms with van der Waals surface area (Å²) < 4.78 is 2.13. The Morgan fingerprint density at radius 1 is 1.00 bits per heavy atom. The first-order chi connectivity index (χ1) is 8.45. The molecular formula is C14H16IN3. The molecular weight excluding hydrogens is 337 g/mol. The standard InChI is InChI=1S/C14H16N3.HI/c1-3-8-14(9-4-1)16-15-10-7-13-17-11-5-2-6-12-17;/h1-6,8-12,16H,7,13H2;1H/q+1;/p-1. The average molecular weight is 353 g/mol. The number of pyridine rings is 1. The Bertz CT molecular complexity index is 457. The van der Waals surface area contributed by atoms with Crippen LogP contribution in [0.5, 0.6) is 0 Å². The van der Waals surface area contributed by atoms with Crippen molar-refractivity contribution in [2.75, 3.05) is 5.43 Å². The topological polar surface area (TPSA) is 28.3 Å². The third-order valence-corrected chi connectivity index (χ3v) is 2.35. The van der Waals surface area contributed by atoms with Crippen molar-refractivity contribution in [2.24, 2.45) is 5.10 Å². The number of hydrazone groups is 1. The molecule has 0 aliphatic carbocycles. The Kier molecular flexibility index (Phi) is 7.01. The fourth-order valence-electron chi connectivity index (χ4n) is 1.49. The Labute approximate surface area is 125 Å². The zero-order valence-corrected chi connectivity index (χ0v) is 12.2. The maximum atomic E-state index is 4.17. The molecule has 1 heterocycles. The second kappa shape index (κ2) is 8.63. The summed E-state index contributed by atoms with van der Waals surface area (Å²) in [5, 5.41) is 4.17. The van der Waals surface area contributed by atoms with Gasteiger partial charge in [-0.3, -0.25) is 5.43 Å². The number of hydrogen-bond donors (Lipinski definition) is 1. The van der Waals surface area contributed by atoms with E-state index in [2.05, 4.69) is 27.5 Å². The van der Waals surface area contributed by atoms with Gasteiger partial charge in [0.1, 0.15) is 0 Å². The zero-order chi connectivity index (χ0) is 11.8. The number of rotatable bonds is 5. The Morgan fingerprint density at radius 3 is 2.39 bits per heavy atom. The van der Waals surface area contributed by atoms with E-state index in [1.165, 1.54) is 0 Å². The molecule has 0 aliphatic heterocycles. The van der Waals surface area contributed by atoms with Gasteiger partial charge in [-0.1, -0.05) is 24.3 Å². The van der Waals surface area contributed by atoms with E-state index < -0.39 is 0 Å². The molecule has 2 aromatic rings. The number of para-hydroxylation sites is 1. The molecule has 0 bridgehead atoms. The van der Waals surface area contributed by atoms with Gasteiger partial charge in [-0.15, -0.1) is 0 Å². The highest BCUT2D eigenvalue weighted by Gasteiger charge is 1.94. The smallest absolute Gasteiger partial charge is 0.168 e. The van der Waals surface area contributed by atoms with Crippen LogP contribution in [-0.2, 0) is 6.54 Å². The van der Waals surface area contributed by atoms with Crippen molar-refractivity contribution < 1.29 is 28.5 Å². The van der Waals surface area contributed by atoms with Crippen LogP contribution in [0, 0.1) is 0 Å². The minimum atomic E-state index is 0. The number of halogens is 1. The first-order valence-electron chi connectivity index (χ1n) is 5.72. The maximum absolute atomic E-state index is 4.17. The van der Waals surface area contributed by atoms with Gasteiger partial charge < -0.3 is 24.0 Å². The number of anilines is 1. The van der Waals surface area contributed by atoms with E-state index in [1.54, 1.807) is 0 Å². The molecule has 1 aromatic carbocycles. The molecule has 0 saturated heterocycles. The van der Waals surface area contributed by atoms with Crippen LogP contribution in [-0.4, -0.2) is 6.21 Å². The summed E-state index contributed by atoms with van der Waals surface area (Å²) in [6.45, 7) is 0.945. The molecule has 0 saturated carbocycles. The van der Waals surface area contributed by atoms with E-state index in [9.17, 15) is 0 Å². The number of aryl methyl sites for hydroxylation is 1. The minimum absolute atomic E-state index is 0. The molecule has 0 radical (unpaired) electrons. The number of nitrogens with one attached hydrogen (secondary N) is 1. The summed E-state index contributed by atoms with van der Waals surface area (Å²) in [4.78, 5) is 0. The van der Waals surface area contributed by atoms with E-state index in [4.69, 9.17) is 0 Å². The van der Waals surface area contributed by atoms with Crippen molar-refractivity contribution in [3.05, 3.63) is 60.9 Å². The van der Waals surface area contributed by atoms with E-state index in [0.717, 1.165) is 18.7 Å². The summed E-state index contributed by atoms with van der Waals surface area (Å²) in [6, 6.07) is 16.0. The van der Waals surface area contributed by atoms with Crippen molar-refractivity contribution >= 4 is 11.9 Å². The highest BCUT2D eigenvalue weighted by molar-refractivity contribution is 5.59. The highest BCUT2D eigenvalue weighted by Crippen LogP contribution is 2.03. The van der Waals surface area contributed by atoms with Crippen LogP contribution < -0.4 is 34.0 Å².